The normalized spacial score (nSPS) is 17.3. The molecule has 0 radical (unpaired) electrons. The monoisotopic (exact) mass is 512 g/mol. The maximum atomic E-state index is 13.9. The smallest absolute Gasteiger partial charge is 0.289 e. The Labute approximate surface area is 190 Å². The summed E-state index contributed by atoms with van der Waals surface area (Å²) in [6.45, 7) is 0.728. The summed E-state index contributed by atoms with van der Waals surface area (Å²) in [4.78, 5) is 8.09. The molecule has 3 aromatic heterocycles. The predicted octanol–water partition coefficient (Wildman–Crippen LogP) is 3.40. The molecule has 4 heterocycles. The molecule has 4 rings (SSSR count). The average molecular weight is 513 g/mol. The molecule has 3 aromatic rings. The number of hydrogen-bond donors (Lipinski definition) is 1. The van der Waals surface area contributed by atoms with Gasteiger partial charge in [-0.05, 0) is 12.8 Å². The summed E-state index contributed by atoms with van der Waals surface area (Å²) in [6.07, 6.45) is -0.930. The first kappa shape index (κ1) is 23.0. The number of aromatic nitrogens is 6. The molecule has 1 aliphatic rings. The van der Waals surface area contributed by atoms with E-state index in [9.17, 15) is 21.6 Å². The van der Waals surface area contributed by atoms with Gasteiger partial charge in [-0.25, -0.2) is 35.6 Å². The minimum Gasteiger partial charge on any atom is -0.320 e. The van der Waals surface area contributed by atoms with E-state index in [1.165, 1.54) is 16.8 Å². The highest BCUT2D eigenvalue weighted by Crippen LogP contribution is 2.31. The first-order valence-electron chi connectivity index (χ1n) is 9.34. The minimum absolute atomic E-state index is 0.0508. The first-order chi connectivity index (χ1) is 15.0. The second-order valence-corrected chi connectivity index (χ2v) is 9.90. The molecule has 16 heteroatoms. The second-order valence-electron chi connectivity index (χ2n) is 7.21. The Hall–Kier alpha value is -2.16. The number of halogens is 5. The van der Waals surface area contributed by atoms with Crippen molar-refractivity contribution >= 4 is 55.9 Å². The van der Waals surface area contributed by atoms with Gasteiger partial charge in [-0.2, -0.15) is 15.2 Å². The topological polar surface area (TPSA) is 111 Å². The maximum Gasteiger partial charge on any atom is 0.289 e. The van der Waals surface area contributed by atoms with Crippen LogP contribution in [0.2, 0.25) is 10.3 Å². The number of nitrogens with zero attached hydrogens (tertiary/aromatic N) is 7. The van der Waals surface area contributed by atoms with Crippen molar-refractivity contribution in [3.63, 3.8) is 0 Å². The van der Waals surface area contributed by atoms with Gasteiger partial charge in [0.1, 0.15) is 0 Å². The molecule has 0 saturated carbocycles. The summed E-state index contributed by atoms with van der Waals surface area (Å²) in [7, 11) is -3.25. The van der Waals surface area contributed by atoms with Crippen molar-refractivity contribution < 1.29 is 21.6 Å². The molecule has 0 amide bonds. The summed E-state index contributed by atoms with van der Waals surface area (Å²) in [5.41, 5.74) is 0.122. The van der Waals surface area contributed by atoms with Crippen molar-refractivity contribution in [1.29, 1.82) is 0 Å². The lowest BCUT2D eigenvalue weighted by Gasteiger charge is -2.30. The largest absolute Gasteiger partial charge is 0.320 e. The number of sulfonamides is 1. The van der Waals surface area contributed by atoms with Crippen LogP contribution >= 0.6 is 23.2 Å². The Bertz CT molecular complexity index is 1240. The zero-order valence-corrected chi connectivity index (χ0v) is 18.8. The van der Waals surface area contributed by atoms with Gasteiger partial charge in [-0.3, -0.25) is 4.68 Å². The van der Waals surface area contributed by atoms with Crippen LogP contribution in [0.25, 0.3) is 11.0 Å². The molecule has 0 spiro atoms. The Kier molecular flexibility index (Phi) is 6.22. The highest BCUT2D eigenvalue weighted by molar-refractivity contribution is 7.88. The van der Waals surface area contributed by atoms with Crippen LogP contribution in [0.1, 0.15) is 25.2 Å². The molecule has 0 aliphatic carbocycles. The summed E-state index contributed by atoms with van der Waals surface area (Å²) in [5, 5.41) is 10.7. The van der Waals surface area contributed by atoms with Crippen molar-refractivity contribution in [3.8, 4) is 0 Å². The van der Waals surface area contributed by atoms with Crippen LogP contribution in [0.5, 0.6) is 0 Å². The van der Waals surface area contributed by atoms with Crippen molar-refractivity contribution in [1.82, 2.24) is 33.8 Å². The van der Waals surface area contributed by atoms with E-state index in [0.717, 1.165) is 0 Å². The lowest BCUT2D eigenvalue weighted by molar-refractivity contribution is 0.00313. The number of hydrogen-bond acceptors (Lipinski definition) is 7. The third kappa shape index (κ3) is 4.49. The molecular formula is C16H17Cl2F3N8O2S. The molecule has 1 aliphatic heterocycles. The molecule has 174 valence electrons. The molecule has 32 heavy (non-hydrogen) atoms. The second kappa shape index (κ2) is 8.65. The van der Waals surface area contributed by atoms with Gasteiger partial charge in [0.25, 0.3) is 12.7 Å². The SMILES string of the molecule is CS(=O)(=O)N1CCC(n2cc(Nc3ncc4c(Cl)nn(C(F)C(F)F)c4n3)c(Cl)n2)CC1. The van der Waals surface area contributed by atoms with Crippen LogP contribution < -0.4 is 5.32 Å². The quantitative estimate of drug-likeness (QED) is 0.538. The van der Waals surface area contributed by atoms with Gasteiger partial charge < -0.3 is 5.32 Å². The lowest BCUT2D eigenvalue weighted by atomic mass is 10.1. The Morgan fingerprint density at radius 3 is 2.47 bits per heavy atom. The lowest BCUT2D eigenvalue weighted by Crippen LogP contribution is -2.38. The van der Waals surface area contributed by atoms with E-state index >= 15 is 0 Å². The maximum absolute atomic E-state index is 13.9. The fourth-order valence-electron chi connectivity index (χ4n) is 3.43. The number of rotatable bonds is 6. The Morgan fingerprint density at radius 1 is 1.16 bits per heavy atom. The summed E-state index contributed by atoms with van der Waals surface area (Å²) in [6, 6.07) is -0.0666. The van der Waals surface area contributed by atoms with E-state index in [4.69, 9.17) is 23.2 Å². The molecule has 10 nitrogen and oxygen atoms in total. The van der Waals surface area contributed by atoms with Gasteiger partial charge >= 0.3 is 0 Å². The fourth-order valence-corrected chi connectivity index (χ4v) is 4.70. The van der Waals surface area contributed by atoms with Crippen molar-refractivity contribution in [2.45, 2.75) is 31.6 Å². The van der Waals surface area contributed by atoms with Gasteiger partial charge in [-0.15, -0.1) is 0 Å². The van der Waals surface area contributed by atoms with Gasteiger partial charge in [0.05, 0.1) is 29.6 Å². The molecule has 1 fully saturated rings. The van der Waals surface area contributed by atoms with E-state index in [2.05, 4.69) is 25.5 Å². The number of nitrogens with one attached hydrogen (secondary N) is 1. The number of alkyl halides is 3. The first-order valence-corrected chi connectivity index (χ1v) is 11.9. The Morgan fingerprint density at radius 2 is 1.84 bits per heavy atom. The number of fused-ring (bicyclic) bond motifs is 1. The fraction of sp³-hybridized carbons (Fsp3) is 0.500. The predicted molar refractivity (Wildman–Crippen MR) is 112 cm³/mol. The summed E-state index contributed by atoms with van der Waals surface area (Å²) >= 11 is 12.1. The molecule has 0 bridgehead atoms. The molecule has 0 aromatic carbocycles. The van der Waals surface area contributed by atoms with E-state index < -0.39 is 22.7 Å². The van der Waals surface area contributed by atoms with E-state index in [1.54, 1.807) is 10.9 Å². The van der Waals surface area contributed by atoms with Crippen LogP contribution in [0, 0.1) is 0 Å². The van der Waals surface area contributed by atoms with Gasteiger partial charge in [0, 0.05) is 19.3 Å². The summed E-state index contributed by atoms with van der Waals surface area (Å²) < 4.78 is 66.3. The molecular weight excluding hydrogens is 496 g/mol. The van der Waals surface area contributed by atoms with E-state index in [-0.39, 0.29) is 33.3 Å². The molecule has 1 atom stereocenters. The van der Waals surface area contributed by atoms with Crippen molar-refractivity contribution in [2.75, 3.05) is 24.7 Å². The number of anilines is 2. The third-order valence-corrected chi connectivity index (χ3v) is 6.91. The zero-order chi connectivity index (χ0) is 23.2. The van der Waals surface area contributed by atoms with Crippen molar-refractivity contribution in [3.05, 3.63) is 22.7 Å². The van der Waals surface area contributed by atoms with Gasteiger partial charge in [0.15, 0.2) is 16.0 Å². The van der Waals surface area contributed by atoms with Crippen LogP contribution in [-0.4, -0.2) is 68.0 Å². The highest BCUT2D eigenvalue weighted by Gasteiger charge is 2.28. The molecule has 1 N–H and O–H groups in total. The minimum atomic E-state index is -3.32. The van der Waals surface area contributed by atoms with Crippen LogP contribution in [0.4, 0.5) is 24.8 Å². The third-order valence-electron chi connectivity index (χ3n) is 5.04. The summed E-state index contributed by atoms with van der Waals surface area (Å²) in [5.74, 6) is -0.0508. The Balaban J connectivity index is 1.55. The zero-order valence-electron chi connectivity index (χ0n) is 16.5. The van der Waals surface area contributed by atoms with Gasteiger partial charge in [0.2, 0.25) is 16.0 Å². The van der Waals surface area contributed by atoms with Crippen LogP contribution in [0.15, 0.2) is 12.4 Å². The van der Waals surface area contributed by atoms with Crippen molar-refractivity contribution in [2.24, 2.45) is 0 Å². The highest BCUT2D eigenvalue weighted by atomic mass is 35.5. The number of piperidine rings is 1. The van der Waals surface area contributed by atoms with Gasteiger partial charge in [-0.1, -0.05) is 23.2 Å². The van der Waals surface area contributed by atoms with E-state index in [0.29, 0.717) is 36.3 Å². The van der Waals surface area contributed by atoms with E-state index in [1.807, 2.05) is 0 Å². The van der Waals surface area contributed by atoms with Crippen LogP contribution in [-0.2, 0) is 10.0 Å². The molecule has 1 unspecified atom stereocenters. The standard InChI is InChI=1S/C16H17Cl2F3N8O2S/c1-32(30,31)27-4-2-8(3-5-27)28-7-10(12(18)25-28)23-16-22-6-9-11(17)26-29(15(9)24-16)14(21)13(19)20/h6-8,13-14H,2-5H2,1H3,(H,22,23,24). The van der Waals surface area contributed by atoms with Crippen LogP contribution in [0.3, 0.4) is 0 Å². The average Bonchev–Trinajstić information content (AvgIpc) is 3.26. The molecule has 1 saturated heterocycles.